The van der Waals surface area contributed by atoms with Gasteiger partial charge in [-0.2, -0.15) is 0 Å². The highest BCUT2D eigenvalue weighted by atomic mass is 14.7. The van der Waals surface area contributed by atoms with E-state index in [9.17, 15) is 0 Å². The van der Waals surface area contributed by atoms with Crippen molar-refractivity contribution in [1.82, 2.24) is 0 Å². The first-order chi connectivity index (χ1) is 8.29. The van der Waals surface area contributed by atoms with E-state index in [2.05, 4.69) is 45.2 Å². The third-order valence-corrected chi connectivity index (χ3v) is 1.99. The van der Waals surface area contributed by atoms with Crippen LogP contribution in [0, 0.1) is 0 Å². The summed E-state index contributed by atoms with van der Waals surface area (Å²) < 4.78 is 0. The highest BCUT2D eigenvalue weighted by molar-refractivity contribution is 5.80. The minimum atomic E-state index is 0.961. The molecule has 0 fully saturated rings. The molecule has 0 spiro atoms. The molecule has 0 saturated carbocycles. The molecule has 1 heteroatoms. The monoisotopic (exact) mass is 235 g/mol. The zero-order valence-electron chi connectivity index (χ0n) is 12.1. The summed E-state index contributed by atoms with van der Waals surface area (Å²) in [6, 6.07) is 0. The van der Waals surface area contributed by atoms with E-state index >= 15 is 0 Å². The Hall–Kier alpha value is -1.37. The smallest absolute Gasteiger partial charge is 0.0299 e. The number of allylic oxidation sites excluding steroid dienone is 3. The Labute approximate surface area is 108 Å². The van der Waals surface area contributed by atoms with Gasteiger partial charge >= 0.3 is 0 Å². The van der Waals surface area contributed by atoms with Crippen LogP contribution in [0.4, 0.5) is 0 Å². The molecule has 0 N–H and O–H groups in total. The Bertz CT molecular complexity index is 234. The Balaban J connectivity index is -0.000000439. The van der Waals surface area contributed by atoms with Crippen molar-refractivity contribution in [2.24, 2.45) is 4.99 Å². The van der Waals surface area contributed by atoms with Crippen LogP contribution >= 0.6 is 0 Å². The summed E-state index contributed by atoms with van der Waals surface area (Å²) in [7, 11) is 0. The van der Waals surface area contributed by atoms with Crippen molar-refractivity contribution in [3.05, 3.63) is 49.7 Å². The van der Waals surface area contributed by atoms with Gasteiger partial charge in [0.15, 0.2) is 0 Å². The van der Waals surface area contributed by atoms with Gasteiger partial charge in [0.25, 0.3) is 0 Å². The van der Waals surface area contributed by atoms with E-state index in [-0.39, 0.29) is 0 Å². The fourth-order valence-electron chi connectivity index (χ4n) is 1.25. The molecule has 0 heterocycles. The van der Waals surface area contributed by atoms with E-state index < -0.39 is 0 Å². The van der Waals surface area contributed by atoms with Crippen LogP contribution in [0.1, 0.15) is 47.0 Å². The van der Waals surface area contributed by atoms with Crippen LogP contribution in [0.5, 0.6) is 0 Å². The molecule has 0 radical (unpaired) electrons. The summed E-state index contributed by atoms with van der Waals surface area (Å²) >= 11 is 0. The molecule has 0 aliphatic carbocycles. The molecule has 0 aromatic carbocycles. The van der Waals surface area contributed by atoms with E-state index in [0.717, 1.165) is 19.3 Å². The Morgan fingerprint density at radius 3 is 1.88 bits per heavy atom. The lowest BCUT2D eigenvalue weighted by Crippen LogP contribution is -1.91. The van der Waals surface area contributed by atoms with Crippen molar-refractivity contribution in [3.8, 4) is 0 Å². The highest BCUT2D eigenvalue weighted by Gasteiger charge is 1.98. The molecule has 1 nitrogen and oxygen atoms in total. The van der Waals surface area contributed by atoms with Crippen molar-refractivity contribution < 1.29 is 0 Å². The SMILES string of the molecule is C=C.C=CC/C(CC)=C(\C=NC=C)CC.CC. The van der Waals surface area contributed by atoms with Gasteiger partial charge < -0.3 is 0 Å². The van der Waals surface area contributed by atoms with Gasteiger partial charge in [0.1, 0.15) is 0 Å². The molecular weight excluding hydrogens is 206 g/mol. The predicted octanol–water partition coefficient (Wildman–Crippen LogP) is 5.72. The molecule has 17 heavy (non-hydrogen) atoms. The van der Waals surface area contributed by atoms with Crippen LogP contribution in [-0.2, 0) is 0 Å². The second-order valence-corrected chi connectivity index (χ2v) is 2.79. The molecule has 0 aromatic rings. The zero-order chi connectivity index (χ0) is 14.1. The number of hydrogen-bond acceptors (Lipinski definition) is 1. The van der Waals surface area contributed by atoms with Gasteiger partial charge in [-0.05, 0) is 24.8 Å². The first-order valence-corrected chi connectivity index (χ1v) is 6.25. The van der Waals surface area contributed by atoms with Crippen LogP contribution < -0.4 is 0 Å². The number of hydrogen-bond donors (Lipinski definition) is 0. The maximum absolute atomic E-state index is 4.04. The summed E-state index contributed by atoms with van der Waals surface area (Å²) in [4.78, 5) is 4.04. The third-order valence-electron chi connectivity index (χ3n) is 1.99. The third kappa shape index (κ3) is 12.6. The lowest BCUT2D eigenvalue weighted by molar-refractivity contribution is 0.983. The van der Waals surface area contributed by atoms with Crippen molar-refractivity contribution in [2.75, 3.05) is 0 Å². The van der Waals surface area contributed by atoms with Crippen LogP contribution in [-0.4, -0.2) is 6.21 Å². The van der Waals surface area contributed by atoms with Crippen molar-refractivity contribution in [2.45, 2.75) is 47.0 Å². The number of rotatable bonds is 6. The molecule has 0 atom stereocenters. The Morgan fingerprint density at radius 2 is 1.59 bits per heavy atom. The molecular formula is C16H29N. The van der Waals surface area contributed by atoms with E-state index in [0.29, 0.717) is 0 Å². The van der Waals surface area contributed by atoms with E-state index in [1.54, 1.807) is 6.20 Å². The van der Waals surface area contributed by atoms with E-state index in [4.69, 9.17) is 0 Å². The fraction of sp³-hybridized carbons (Fsp3) is 0.438. The minimum absolute atomic E-state index is 0.961. The standard InChI is InChI=1S/C12H19N.C2H6.C2H4/c1-5-9-11(6-2)12(7-3)10-13-8-4;2*1-2/h5,8,10H,1,4,6-7,9H2,2-3H3;1-2H3;1-2H2/b12-11-,13-10?;;. The van der Waals surface area contributed by atoms with E-state index in [1.807, 2.05) is 26.1 Å². The van der Waals surface area contributed by atoms with Gasteiger partial charge in [0.2, 0.25) is 0 Å². The van der Waals surface area contributed by atoms with Crippen LogP contribution in [0.3, 0.4) is 0 Å². The van der Waals surface area contributed by atoms with E-state index in [1.165, 1.54) is 11.1 Å². The maximum atomic E-state index is 4.04. The molecule has 0 aliphatic heterocycles. The first kappa shape index (κ1) is 21.0. The molecule has 0 rings (SSSR count). The summed E-state index contributed by atoms with van der Waals surface area (Å²) in [5.41, 5.74) is 2.73. The van der Waals surface area contributed by atoms with Crippen LogP contribution in [0.2, 0.25) is 0 Å². The topological polar surface area (TPSA) is 12.4 Å². The first-order valence-electron chi connectivity index (χ1n) is 6.25. The Morgan fingerprint density at radius 1 is 1.06 bits per heavy atom. The summed E-state index contributed by atoms with van der Waals surface area (Å²) in [5, 5.41) is 0. The molecule has 0 amide bonds. The van der Waals surface area contributed by atoms with Gasteiger partial charge in [0.05, 0.1) is 0 Å². The lowest BCUT2D eigenvalue weighted by Gasteiger charge is -2.05. The van der Waals surface area contributed by atoms with Crippen LogP contribution in [0.25, 0.3) is 0 Å². The van der Waals surface area contributed by atoms with Gasteiger partial charge in [-0.3, -0.25) is 4.99 Å². The minimum Gasteiger partial charge on any atom is -0.265 e. The van der Waals surface area contributed by atoms with Gasteiger partial charge in [0, 0.05) is 12.4 Å². The second kappa shape index (κ2) is 20.1. The molecule has 98 valence electrons. The normalized spacial score (nSPS) is 10.4. The molecule has 0 bridgehead atoms. The molecule has 0 aliphatic rings. The van der Waals surface area contributed by atoms with Crippen molar-refractivity contribution in [1.29, 1.82) is 0 Å². The van der Waals surface area contributed by atoms with Gasteiger partial charge in [-0.15, -0.1) is 19.7 Å². The molecule has 0 unspecified atom stereocenters. The summed E-state index contributed by atoms with van der Waals surface area (Å²) in [6.45, 7) is 21.6. The summed E-state index contributed by atoms with van der Waals surface area (Å²) in [6.07, 6.45) is 8.46. The maximum Gasteiger partial charge on any atom is 0.0299 e. The number of nitrogens with zero attached hydrogens (tertiary/aromatic N) is 1. The quantitative estimate of drug-likeness (QED) is 0.412. The Kier molecular flexibility index (Phi) is 24.8. The second-order valence-electron chi connectivity index (χ2n) is 2.79. The van der Waals surface area contributed by atoms with Crippen molar-refractivity contribution >= 4 is 6.21 Å². The zero-order valence-corrected chi connectivity index (χ0v) is 12.1. The highest BCUT2D eigenvalue weighted by Crippen LogP contribution is 2.14. The van der Waals surface area contributed by atoms with Gasteiger partial charge in [-0.25, -0.2) is 0 Å². The number of aliphatic imine (C=N–C) groups is 1. The lowest BCUT2D eigenvalue weighted by atomic mass is 10.0. The average molecular weight is 235 g/mol. The molecule has 0 saturated heterocycles. The fourth-order valence-corrected chi connectivity index (χ4v) is 1.25. The van der Waals surface area contributed by atoms with Gasteiger partial charge in [-0.1, -0.05) is 45.9 Å². The average Bonchev–Trinajstić information content (AvgIpc) is 2.42. The summed E-state index contributed by atoms with van der Waals surface area (Å²) in [5.74, 6) is 0. The van der Waals surface area contributed by atoms with Crippen LogP contribution in [0.15, 0.2) is 54.7 Å². The van der Waals surface area contributed by atoms with Crippen molar-refractivity contribution in [3.63, 3.8) is 0 Å². The predicted molar refractivity (Wildman–Crippen MR) is 83.7 cm³/mol. The molecule has 0 aromatic heterocycles. The largest absolute Gasteiger partial charge is 0.265 e.